The molecule has 8 nitrogen and oxygen atoms in total. The number of halogens is 1. The van der Waals surface area contributed by atoms with Gasteiger partial charge in [-0.25, -0.2) is 9.98 Å². The Morgan fingerprint density at radius 2 is 2.25 bits per heavy atom. The van der Waals surface area contributed by atoms with Crippen molar-refractivity contribution < 1.29 is 9.53 Å². The Hall–Kier alpha value is -1.62. The van der Waals surface area contributed by atoms with Gasteiger partial charge in [0.1, 0.15) is 12.4 Å². The normalized spacial score (nSPS) is 21.9. The van der Waals surface area contributed by atoms with Crippen molar-refractivity contribution >= 4 is 41.7 Å². The number of hydrogen-bond acceptors (Lipinski definition) is 5. The van der Waals surface area contributed by atoms with E-state index < -0.39 is 0 Å². The summed E-state index contributed by atoms with van der Waals surface area (Å²) in [5, 5.41) is 6.82. The van der Waals surface area contributed by atoms with E-state index in [1.165, 1.54) is 0 Å². The summed E-state index contributed by atoms with van der Waals surface area (Å²) in [5.74, 6) is 1.65. The molecule has 0 saturated carbocycles. The van der Waals surface area contributed by atoms with E-state index in [9.17, 15) is 4.79 Å². The lowest BCUT2D eigenvalue weighted by molar-refractivity contribution is -0.127. The zero-order valence-corrected chi connectivity index (χ0v) is 19.0. The van der Waals surface area contributed by atoms with Crippen LogP contribution in [0.25, 0.3) is 0 Å². The van der Waals surface area contributed by atoms with Crippen LogP contribution in [0, 0.1) is 0 Å². The first kappa shape index (κ1) is 22.7. The molecule has 2 aliphatic heterocycles. The maximum Gasteiger partial charge on any atom is 0.243 e. The van der Waals surface area contributed by atoms with Crippen molar-refractivity contribution in [2.45, 2.75) is 31.4 Å². The highest BCUT2D eigenvalue weighted by atomic mass is 127. The third-order valence-electron chi connectivity index (χ3n) is 4.89. The van der Waals surface area contributed by atoms with Gasteiger partial charge in [-0.3, -0.25) is 4.79 Å². The first-order valence-electron chi connectivity index (χ1n) is 9.64. The fraction of sp³-hybridized carbons (Fsp3) is 0.632. The van der Waals surface area contributed by atoms with Crippen molar-refractivity contribution in [3.8, 4) is 0 Å². The summed E-state index contributed by atoms with van der Waals surface area (Å²) >= 11 is 0. The molecular formula is C19H31IN6O2. The van der Waals surface area contributed by atoms with E-state index in [-0.39, 0.29) is 48.6 Å². The molecule has 3 rings (SSSR count). The Kier molecular flexibility index (Phi) is 9.23. The van der Waals surface area contributed by atoms with Crippen LogP contribution in [0.5, 0.6) is 0 Å². The average Bonchev–Trinajstić information content (AvgIpc) is 3.36. The second-order valence-electron chi connectivity index (χ2n) is 7.23. The van der Waals surface area contributed by atoms with Crippen LogP contribution in [0.1, 0.15) is 19.3 Å². The zero-order valence-electron chi connectivity index (χ0n) is 16.6. The molecule has 9 heteroatoms. The molecule has 2 unspecified atom stereocenters. The van der Waals surface area contributed by atoms with Gasteiger partial charge in [-0.2, -0.15) is 0 Å². The number of nitrogens with one attached hydrogen (secondary N) is 2. The smallest absolute Gasteiger partial charge is 0.243 e. The molecular weight excluding hydrogens is 471 g/mol. The number of anilines is 1. The molecule has 28 heavy (non-hydrogen) atoms. The third-order valence-corrected chi connectivity index (χ3v) is 4.89. The van der Waals surface area contributed by atoms with Crippen LogP contribution >= 0.6 is 24.0 Å². The lowest BCUT2D eigenvalue weighted by Crippen LogP contribution is -2.47. The number of carbonyl (C=O) groups is 1. The Labute approximate surface area is 184 Å². The van der Waals surface area contributed by atoms with Crippen molar-refractivity contribution in [2.24, 2.45) is 4.99 Å². The van der Waals surface area contributed by atoms with E-state index >= 15 is 0 Å². The number of carbonyl (C=O) groups excluding carboxylic acids is 1. The number of pyridine rings is 1. The van der Waals surface area contributed by atoms with Gasteiger partial charge in [0, 0.05) is 52.6 Å². The summed E-state index contributed by atoms with van der Waals surface area (Å²) in [6, 6.07) is 6.23. The lowest BCUT2D eigenvalue weighted by Gasteiger charge is -2.21. The number of hydrogen-bond donors (Lipinski definition) is 2. The van der Waals surface area contributed by atoms with Gasteiger partial charge < -0.3 is 25.2 Å². The number of rotatable bonds is 6. The molecule has 0 bridgehead atoms. The molecule has 1 aromatic rings. The average molecular weight is 502 g/mol. The summed E-state index contributed by atoms with van der Waals surface area (Å²) in [6.45, 7) is 3.47. The SMILES string of the molecule is CN(C)C(=O)CN=C(NCC1CCCO1)NC1CCN(c2ccccn2)C1.I. The summed E-state index contributed by atoms with van der Waals surface area (Å²) in [5.41, 5.74) is 0. The predicted molar refractivity (Wildman–Crippen MR) is 121 cm³/mol. The molecule has 0 spiro atoms. The Morgan fingerprint density at radius 1 is 1.39 bits per heavy atom. The van der Waals surface area contributed by atoms with Gasteiger partial charge in [0.25, 0.3) is 0 Å². The van der Waals surface area contributed by atoms with Crippen LogP contribution in [0.15, 0.2) is 29.4 Å². The molecule has 2 saturated heterocycles. The molecule has 0 aliphatic carbocycles. The van der Waals surface area contributed by atoms with Crippen molar-refractivity contribution in [3.05, 3.63) is 24.4 Å². The molecule has 1 amide bonds. The molecule has 2 atom stereocenters. The summed E-state index contributed by atoms with van der Waals surface area (Å²) in [4.78, 5) is 24.6. The predicted octanol–water partition coefficient (Wildman–Crippen LogP) is 1.08. The molecule has 2 N–H and O–H groups in total. The van der Waals surface area contributed by atoms with Gasteiger partial charge in [0.05, 0.1) is 6.10 Å². The monoisotopic (exact) mass is 502 g/mol. The fourth-order valence-electron chi connectivity index (χ4n) is 3.28. The van der Waals surface area contributed by atoms with Gasteiger partial charge >= 0.3 is 0 Å². The van der Waals surface area contributed by atoms with Gasteiger partial charge in [-0.15, -0.1) is 24.0 Å². The van der Waals surface area contributed by atoms with Crippen LogP contribution in [-0.4, -0.2) is 80.8 Å². The number of aliphatic imine (C=N–C) groups is 1. The highest BCUT2D eigenvalue weighted by Crippen LogP contribution is 2.17. The number of amides is 1. The van der Waals surface area contributed by atoms with E-state index in [0.717, 1.165) is 44.8 Å². The van der Waals surface area contributed by atoms with Gasteiger partial charge in [0.2, 0.25) is 5.91 Å². The molecule has 3 heterocycles. The highest BCUT2D eigenvalue weighted by Gasteiger charge is 2.24. The number of guanidine groups is 1. The molecule has 2 fully saturated rings. The minimum atomic E-state index is -0.0187. The molecule has 1 aromatic heterocycles. The van der Waals surface area contributed by atoms with E-state index in [2.05, 4.69) is 25.5 Å². The fourth-order valence-corrected chi connectivity index (χ4v) is 3.28. The van der Waals surface area contributed by atoms with Crippen LogP contribution in [-0.2, 0) is 9.53 Å². The number of nitrogens with zero attached hydrogens (tertiary/aromatic N) is 4. The zero-order chi connectivity index (χ0) is 19.1. The minimum absolute atomic E-state index is 0. The quantitative estimate of drug-likeness (QED) is 0.345. The number of ether oxygens (including phenoxy) is 1. The highest BCUT2D eigenvalue weighted by molar-refractivity contribution is 14.0. The standard InChI is InChI=1S/C19H30N6O2.HI/c1-24(2)18(26)13-22-19(21-12-16-6-5-11-27-16)23-15-8-10-25(14-15)17-7-3-4-9-20-17;/h3-4,7,9,15-16H,5-6,8,10-14H2,1-2H3,(H2,21,22,23);1H. The summed E-state index contributed by atoms with van der Waals surface area (Å²) < 4.78 is 5.68. The number of likely N-dealkylation sites (N-methyl/N-ethyl adjacent to an activating group) is 1. The maximum absolute atomic E-state index is 11.9. The Balaban J connectivity index is 0.00000280. The second kappa shape index (κ2) is 11.4. The van der Waals surface area contributed by atoms with Crippen molar-refractivity contribution in [2.75, 3.05) is 51.8 Å². The molecule has 0 aromatic carbocycles. The topological polar surface area (TPSA) is 82.1 Å². The van der Waals surface area contributed by atoms with E-state index in [1.807, 2.05) is 24.4 Å². The molecule has 2 aliphatic rings. The van der Waals surface area contributed by atoms with Crippen LogP contribution < -0.4 is 15.5 Å². The van der Waals surface area contributed by atoms with Crippen LogP contribution in [0.3, 0.4) is 0 Å². The minimum Gasteiger partial charge on any atom is -0.376 e. The second-order valence-corrected chi connectivity index (χ2v) is 7.23. The summed E-state index contributed by atoms with van der Waals surface area (Å²) in [6.07, 6.45) is 5.20. The van der Waals surface area contributed by atoms with E-state index in [0.29, 0.717) is 12.5 Å². The largest absolute Gasteiger partial charge is 0.376 e. The molecule has 0 radical (unpaired) electrons. The van der Waals surface area contributed by atoms with E-state index in [1.54, 1.807) is 19.0 Å². The first-order valence-corrected chi connectivity index (χ1v) is 9.64. The van der Waals surface area contributed by atoms with Crippen molar-refractivity contribution in [3.63, 3.8) is 0 Å². The Bertz CT molecular complexity index is 637. The van der Waals surface area contributed by atoms with Gasteiger partial charge in [-0.05, 0) is 31.4 Å². The van der Waals surface area contributed by atoms with Crippen molar-refractivity contribution in [1.82, 2.24) is 20.5 Å². The third kappa shape index (κ3) is 6.77. The number of aromatic nitrogens is 1. The van der Waals surface area contributed by atoms with Gasteiger partial charge in [-0.1, -0.05) is 6.07 Å². The van der Waals surface area contributed by atoms with Gasteiger partial charge in [0.15, 0.2) is 5.96 Å². The lowest BCUT2D eigenvalue weighted by atomic mass is 10.2. The summed E-state index contributed by atoms with van der Waals surface area (Å²) in [7, 11) is 3.49. The van der Waals surface area contributed by atoms with Crippen LogP contribution in [0.2, 0.25) is 0 Å². The van der Waals surface area contributed by atoms with Crippen LogP contribution in [0.4, 0.5) is 5.82 Å². The Morgan fingerprint density at radius 3 is 2.93 bits per heavy atom. The molecule has 156 valence electrons. The maximum atomic E-state index is 11.9. The van der Waals surface area contributed by atoms with E-state index in [4.69, 9.17) is 4.74 Å². The first-order chi connectivity index (χ1) is 13.1. The van der Waals surface area contributed by atoms with Crippen molar-refractivity contribution in [1.29, 1.82) is 0 Å².